The van der Waals surface area contributed by atoms with Crippen LogP contribution in [0.15, 0.2) is 0 Å². The van der Waals surface area contributed by atoms with Crippen LogP contribution in [0.25, 0.3) is 0 Å². The lowest BCUT2D eigenvalue weighted by molar-refractivity contribution is -0.386. The first-order chi connectivity index (χ1) is 7.95. The molecule has 0 bridgehead atoms. The van der Waals surface area contributed by atoms with Crippen molar-refractivity contribution in [1.29, 1.82) is 0 Å². The van der Waals surface area contributed by atoms with Gasteiger partial charge >= 0.3 is 11.7 Å². The molecule has 0 unspecified atom stereocenters. The second-order valence-corrected chi connectivity index (χ2v) is 3.18. The lowest BCUT2D eigenvalue weighted by Crippen LogP contribution is -2.07. The number of aromatic nitrogens is 2. The average Bonchev–Trinajstić information content (AvgIpc) is 2.24. The zero-order chi connectivity index (χ0) is 13.0. The zero-order valence-corrected chi connectivity index (χ0v) is 9.72. The molecule has 0 radical (unpaired) electrons. The van der Waals surface area contributed by atoms with Gasteiger partial charge in [0.1, 0.15) is 0 Å². The van der Waals surface area contributed by atoms with Gasteiger partial charge in [-0.1, -0.05) is 11.6 Å². The zero-order valence-electron chi connectivity index (χ0n) is 8.97. The third-order valence-corrected chi connectivity index (χ3v) is 1.90. The molecule has 1 aromatic rings. The Morgan fingerprint density at radius 2 is 2.18 bits per heavy atom. The maximum Gasteiger partial charge on any atom is 0.367 e. The van der Waals surface area contributed by atoms with Crippen molar-refractivity contribution >= 4 is 23.3 Å². The Morgan fingerprint density at radius 3 is 2.65 bits per heavy atom. The minimum Gasteiger partial charge on any atom is -0.476 e. The van der Waals surface area contributed by atoms with E-state index in [0.29, 0.717) is 0 Å². The van der Waals surface area contributed by atoms with Crippen LogP contribution in [0.1, 0.15) is 12.7 Å². The highest BCUT2D eigenvalue weighted by Gasteiger charge is 2.24. The largest absolute Gasteiger partial charge is 0.476 e. The van der Waals surface area contributed by atoms with E-state index in [1.807, 2.05) is 0 Å². The van der Waals surface area contributed by atoms with E-state index >= 15 is 0 Å². The van der Waals surface area contributed by atoms with E-state index in [-0.39, 0.29) is 23.5 Å². The summed E-state index contributed by atoms with van der Waals surface area (Å²) in [5.41, 5.74) is -0.527. The first-order valence-electron chi connectivity index (χ1n) is 4.34. The number of nitrogens with zero attached hydrogens (tertiary/aromatic N) is 3. The van der Waals surface area contributed by atoms with Gasteiger partial charge in [-0.25, -0.2) is 4.98 Å². The molecule has 0 aromatic carbocycles. The van der Waals surface area contributed by atoms with Crippen molar-refractivity contribution in [1.82, 2.24) is 9.97 Å². The van der Waals surface area contributed by atoms with Crippen molar-refractivity contribution in [3.05, 3.63) is 21.1 Å². The summed E-state index contributed by atoms with van der Waals surface area (Å²) < 4.78 is 9.35. The van der Waals surface area contributed by atoms with Gasteiger partial charge in [0.05, 0.1) is 12.0 Å². The maximum atomic E-state index is 10.7. The van der Waals surface area contributed by atoms with Gasteiger partial charge in [-0.2, -0.15) is 4.98 Å². The molecule has 0 aliphatic rings. The number of carbonyl (C=O) groups is 1. The van der Waals surface area contributed by atoms with E-state index in [4.69, 9.17) is 16.3 Å². The van der Waals surface area contributed by atoms with Crippen molar-refractivity contribution in [3.8, 4) is 5.88 Å². The minimum atomic E-state index is -0.753. The van der Waals surface area contributed by atoms with Crippen molar-refractivity contribution < 1.29 is 19.2 Å². The van der Waals surface area contributed by atoms with Gasteiger partial charge in [-0.3, -0.25) is 14.9 Å². The Bertz CT molecular complexity index is 465. The number of rotatable bonds is 4. The number of ether oxygens (including phenoxy) is 2. The molecule has 92 valence electrons. The number of methoxy groups -OCH3 is 1. The first kappa shape index (κ1) is 13.1. The second kappa shape index (κ2) is 5.39. The molecule has 0 aliphatic carbocycles. The number of hydrogen-bond donors (Lipinski definition) is 0. The Kier molecular flexibility index (Phi) is 4.16. The summed E-state index contributed by atoms with van der Waals surface area (Å²) >= 11 is 5.61. The van der Waals surface area contributed by atoms with Crippen molar-refractivity contribution in [2.45, 2.75) is 13.5 Å². The summed E-state index contributed by atoms with van der Waals surface area (Å²) in [6, 6.07) is 0. The Morgan fingerprint density at radius 1 is 1.53 bits per heavy atom. The highest BCUT2D eigenvalue weighted by molar-refractivity contribution is 6.31. The molecule has 0 spiro atoms. The maximum absolute atomic E-state index is 10.7. The topological polar surface area (TPSA) is 104 Å². The molecule has 1 heterocycles. The molecule has 0 atom stereocenters. The predicted molar refractivity (Wildman–Crippen MR) is 55.7 cm³/mol. The van der Waals surface area contributed by atoms with Crippen LogP contribution >= 0.6 is 11.6 Å². The van der Waals surface area contributed by atoms with Crippen LogP contribution in [0.3, 0.4) is 0 Å². The molecular formula is C8H8ClN3O5. The highest BCUT2D eigenvalue weighted by Crippen LogP contribution is 2.31. The average molecular weight is 262 g/mol. The van der Waals surface area contributed by atoms with Crippen molar-refractivity contribution in [3.63, 3.8) is 0 Å². The molecule has 0 N–H and O–H groups in total. The molecule has 8 nitrogen and oxygen atoms in total. The molecule has 17 heavy (non-hydrogen) atoms. The second-order valence-electron chi connectivity index (χ2n) is 2.83. The number of carbonyl (C=O) groups excluding carboxylic acids is 1. The predicted octanol–water partition coefficient (Wildman–Crippen LogP) is 1.11. The van der Waals surface area contributed by atoms with Crippen LogP contribution in [-0.4, -0.2) is 28.0 Å². The summed E-state index contributed by atoms with van der Waals surface area (Å²) in [5.74, 6) is -0.785. The van der Waals surface area contributed by atoms with Gasteiger partial charge in [-0.15, -0.1) is 0 Å². The first-order valence-corrected chi connectivity index (χ1v) is 4.71. The van der Waals surface area contributed by atoms with E-state index < -0.39 is 16.6 Å². The third kappa shape index (κ3) is 3.25. The van der Waals surface area contributed by atoms with E-state index in [9.17, 15) is 14.9 Å². The van der Waals surface area contributed by atoms with Crippen LogP contribution in [-0.2, 0) is 16.1 Å². The normalized spacial score (nSPS) is 9.82. The SMILES string of the molecule is COc1nc(COC(C)=O)nc(Cl)c1[N+](=O)[O-]. The molecular weight excluding hydrogens is 254 g/mol. The van der Waals surface area contributed by atoms with Gasteiger partial charge in [0, 0.05) is 6.92 Å². The Labute approximate surface area is 101 Å². The van der Waals surface area contributed by atoms with Crippen LogP contribution in [0.4, 0.5) is 5.69 Å². The summed E-state index contributed by atoms with van der Waals surface area (Å²) in [6.07, 6.45) is 0. The number of halogens is 1. The lowest BCUT2D eigenvalue weighted by atomic mass is 10.5. The van der Waals surface area contributed by atoms with E-state index in [2.05, 4.69) is 14.7 Å². The monoisotopic (exact) mass is 261 g/mol. The van der Waals surface area contributed by atoms with Crippen molar-refractivity contribution in [2.75, 3.05) is 7.11 Å². The standard InChI is InChI=1S/C8H8ClN3O5/c1-4(13)17-3-5-10-7(9)6(12(14)15)8(11-5)16-2/h3H2,1-2H3. The van der Waals surface area contributed by atoms with E-state index in [0.717, 1.165) is 0 Å². The molecule has 1 aromatic heterocycles. The van der Waals surface area contributed by atoms with Gasteiger partial charge in [0.15, 0.2) is 12.4 Å². The van der Waals surface area contributed by atoms with E-state index in [1.165, 1.54) is 14.0 Å². The molecule has 9 heteroatoms. The van der Waals surface area contributed by atoms with Gasteiger partial charge in [0.25, 0.3) is 5.88 Å². The van der Waals surface area contributed by atoms with Gasteiger partial charge < -0.3 is 9.47 Å². The number of esters is 1. The summed E-state index contributed by atoms with van der Waals surface area (Å²) in [4.78, 5) is 27.8. The third-order valence-electron chi connectivity index (χ3n) is 1.64. The Balaban J connectivity index is 3.09. The lowest BCUT2D eigenvalue weighted by Gasteiger charge is -2.05. The number of nitro groups is 1. The smallest absolute Gasteiger partial charge is 0.367 e. The van der Waals surface area contributed by atoms with Crippen LogP contribution in [0.2, 0.25) is 5.15 Å². The Hall–Kier alpha value is -1.96. The summed E-state index contributed by atoms with van der Waals surface area (Å²) in [5, 5.41) is 10.3. The fraction of sp³-hybridized carbons (Fsp3) is 0.375. The quantitative estimate of drug-likeness (QED) is 0.346. The van der Waals surface area contributed by atoms with Crippen LogP contribution in [0.5, 0.6) is 5.88 Å². The van der Waals surface area contributed by atoms with Crippen molar-refractivity contribution in [2.24, 2.45) is 0 Å². The molecule has 0 fully saturated rings. The fourth-order valence-electron chi connectivity index (χ4n) is 0.976. The van der Waals surface area contributed by atoms with Crippen LogP contribution < -0.4 is 4.74 Å². The van der Waals surface area contributed by atoms with Gasteiger partial charge in [-0.05, 0) is 0 Å². The molecule has 0 aliphatic heterocycles. The molecule has 1 rings (SSSR count). The summed E-state index contributed by atoms with van der Waals surface area (Å²) in [6.45, 7) is 0.980. The van der Waals surface area contributed by atoms with Crippen LogP contribution in [0, 0.1) is 10.1 Å². The van der Waals surface area contributed by atoms with E-state index in [1.54, 1.807) is 0 Å². The highest BCUT2D eigenvalue weighted by atomic mass is 35.5. The molecule has 0 amide bonds. The minimum absolute atomic E-state index is 0.0210. The van der Waals surface area contributed by atoms with Gasteiger partial charge in [0.2, 0.25) is 5.15 Å². The number of hydrogen-bond acceptors (Lipinski definition) is 7. The molecule has 0 saturated heterocycles. The molecule has 0 saturated carbocycles. The fourth-order valence-corrected chi connectivity index (χ4v) is 1.22. The summed E-state index contributed by atoms with van der Waals surface area (Å²) in [7, 11) is 1.21.